The molecule has 0 bridgehead atoms. The summed E-state index contributed by atoms with van der Waals surface area (Å²) in [5.41, 5.74) is 3.26. The van der Waals surface area contributed by atoms with Crippen molar-refractivity contribution < 1.29 is 14.3 Å². The minimum Gasteiger partial charge on any atom is -0.496 e. The van der Waals surface area contributed by atoms with Crippen LogP contribution in [-0.4, -0.2) is 19.6 Å². The molecular formula is C21H25BrClNO3. The summed E-state index contributed by atoms with van der Waals surface area (Å²) in [5, 5.41) is 3.44. The van der Waals surface area contributed by atoms with Crippen molar-refractivity contribution in [3.63, 3.8) is 0 Å². The van der Waals surface area contributed by atoms with Gasteiger partial charge in [0.05, 0.1) is 18.2 Å². The molecule has 146 valence electrons. The van der Waals surface area contributed by atoms with Gasteiger partial charge in [-0.15, -0.1) is 0 Å². The summed E-state index contributed by atoms with van der Waals surface area (Å²) in [7, 11) is 1.68. The van der Waals surface area contributed by atoms with E-state index in [2.05, 4.69) is 41.2 Å². The predicted octanol–water partition coefficient (Wildman–Crippen LogP) is 5.80. The first-order chi connectivity index (χ1) is 12.7. The molecule has 0 aromatic heterocycles. The molecule has 2 aromatic carbocycles. The molecule has 2 aromatic rings. The summed E-state index contributed by atoms with van der Waals surface area (Å²) in [6.07, 6.45) is 0. The van der Waals surface area contributed by atoms with Crippen molar-refractivity contribution in [1.82, 2.24) is 5.32 Å². The van der Waals surface area contributed by atoms with Crippen LogP contribution in [0.1, 0.15) is 49.4 Å². The van der Waals surface area contributed by atoms with E-state index in [0.29, 0.717) is 16.7 Å². The lowest BCUT2D eigenvalue weighted by Crippen LogP contribution is -2.31. The van der Waals surface area contributed by atoms with E-state index in [0.717, 1.165) is 26.9 Å². The average molecular weight is 455 g/mol. The lowest BCUT2D eigenvalue weighted by molar-refractivity contribution is -0.123. The van der Waals surface area contributed by atoms with Crippen LogP contribution in [0, 0.1) is 6.92 Å². The standard InChI is InChI=1S/C21H25BrClNO3/c1-12(2)16-10-17(13(3)8-20(16)26-5)14(4)24-21(25)11-27-19-7-6-15(22)9-18(19)23/h6-10,12,14H,11H2,1-5H3,(H,24,25)/t14-/m0/s1. The Kier molecular flexibility index (Phi) is 7.57. The molecule has 0 spiro atoms. The molecule has 1 atom stereocenters. The Hall–Kier alpha value is -1.72. The number of aryl methyl sites for hydroxylation is 1. The van der Waals surface area contributed by atoms with Gasteiger partial charge >= 0.3 is 0 Å². The summed E-state index contributed by atoms with van der Waals surface area (Å²) in [5.74, 6) is 1.47. The number of methoxy groups -OCH3 is 1. The fourth-order valence-corrected chi connectivity index (χ4v) is 3.63. The molecule has 2 rings (SSSR count). The molecule has 0 heterocycles. The van der Waals surface area contributed by atoms with Gasteiger partial charge in [-0.3, -0.25) is 4.79 Å². The zero-order valence-corrected chi connectivity index (χ0v) is 18.6. The van der Waals surface area contributed by atoms with Crippen molar-refractivity contribution in [2.45, 2.75) is 39.7 Å². The highest BCUT2D eigenvalue weighted by molar-refractivity contribution is 9.10. The van der Waals surface area contributed by atoms with E-state index >= 15 is 0 Å². The summed E-state index contributed by atoms with van der Waals surface area (Å²) >= 11 is 9.45. The van der Waals surface area contributed by atoms with Gasteiger partial charge in [-0.1, -0.05) is 41.4 Å². The molecule has 0 fully saturated rings. The van der Waals surface area contributed by atoms with E-state index in [4.69, 9.17) is 21.1 Å². The van der Waals surface area contributed by atoms with Gasteiger partial charge in [-0.25, -0.2) is 0 Å². The zero-order valence-electron chi connectivity index (χ0n) is 16.2. The first-order valence-electron chi connectivity index (χ1n) is 8.78. The van der Waals surface area contributed by atoms with E-state index in [9.17, 15) is 4.79 Å². The second-order valence-electron chi connectivity index (χ2n) is 6.76. The van der Waals surface area contributed by atoms with Crippen LogP contribution >= 0.6 is 27.5 Å². The van der Waals surface area contributed by atoms with E-state index in [1.165, 1.54) is 0 Å². The number of carbonyl (C=O) groups is 1. The van der Waals surface area contributed by atoms with Gasteiger partial charge in [-0.2, -0.15) is 0 Å². The molecule has 0 saturated carbocycles. The van der Waals surface area contributed by atoms with Crippen LogP contribution in [0.4, 0.5) is 0 Å². The van der Waals surface area contributed by atoms with Crippen molar-refractivity contribution in [2.24, 2.45) is 0 Å². The van der Waals surface area contributed by atoms with Crippen LogP contribution in [0.5, 0.6) is 11.5 Å². The molecular weight excluding hydrogens is 430 g/mol. The molecule has 0 saturated heterocycles. The number of hydrogen-bond donors (Lipinski definition) is 1. The Morgan fingerprint density at radius 2 is 1.85 bits per heavy atom. The van der Waals surface area contributed by atoms with Crippen LogP contribution in [0.25, 0.3) is 0 Å². The van der Waals surface area contributed by atoms with Crippen molar-refractivity contribution in [2.75, 3.05) is 13.7 Å². The fourth-order valence-electron chi connectivity index (χ4n) is 2.91. The van der Waals surface area contributed by atoms with E-state index < -0.39 is 0 Å². The monoisotopic (exact) mass is 453 g/mol. The SMILES string of the molecule is COc1cc(C)c([C@H](C)NC(=O)COc2ccc(Br)cc2Cl)cc1C(C)C. The molecule has 0 aliphatic heterocycles. The number of nitrogens with one attached hydrogen (secondary N) is 1. The maximum absolute atomic E-state index is 12.3. The lowest BCUT2D eigenvalue weighted by atomic mass is 9.93. The van der Waals surface area contributed by atoms with Crippen LogP contribution in [-0.2, 0) is 4.79 Å². The van der Waals surface area contributed by atoms with Gasteiger partial charge in [0.15, 0.2) is 6.61 Å². The molecule has 27 heavy (non-hydrogen) atoms. The lowest BCUT2D eigenvalue weighted by Gasteiger charge is -2.21. The molecule has 0 unspecified atom stereocenters. The maximum Gasteiger partial charge on any atom is 0.258 e. The summed E-state index contributed by atoms with van der Waals surface area (Å²) in [4.78, 5) is 12.3. The highest BCUT2D eigenvalue weighted by Gasteiger charge is 2.17. The minimum atomic E-state index is -0.206. The minimum absolute atomic E-state index is 0.0993. The summed E-state index contributed by atoms with van der Waals surface area (Å²) in [6.45, 7) is 8.12. The number of carbonyl (C=O) groups excluding carboxylic acids is 1. The van der Waals surface area contributed by atoms with Crippen LogP contribution in [0.3, 0.4) is 0 Å². The van der Waals surface area contributed by atoms with Gasteiger partial charge in [0.25, 0.3) is 5.91 Å². The van der Waals surface area contributed by atoms with Gasteiger partial charge in [0.1, 0.15) is 11.5 Å². The average Bonchev–Trinajstić information content (AvgIpc) is 2.60. The second-order valence-corrected chi connectivity index (χ2v) is 8.08. The number of halogens is 2. The molecule has 0 aliphatic carbocycles. The predicted molar refractivity (Wildman–Crippen MR) is 113 cm³/mol. The molecule has 0 aliphatic rings. The molecule has 1 N–H and O–H groups in total. The number of amides is 1. The van der Waals surface area contributed by atoms with Crippen molar-refractivity contribution >= 4 is 33.4 Å². The largest absolute Gasteiger partial charge is 0.496 e. The third kappa shape index (κ3) is 5.63. The Balaban J connectivity index is 2.06. The Labute approximate surface area is 174 Å². The van der Waals surface area contributed by atoms with Gasteiger partial charge in [0, 0.05) is 4.47 Å². The van der Waals surface area contributed by atoms with Crippen LogP contribution < -0.4 is 14.8 Å². The normalized spacial score (nSPS) is 12.0. The molecule has 1 amide bonds. The van der Waals surface area contributed by atoms with Crippen molar-refractivity contribution in [3.05, 3.63) is 56.5 Å². The highest BCUT2D eigenvalue weighted by atomic mass is 79.9. The number of hydrogen-bond acceptors (Lipinski definition) is 3. The first kappa shape index (κ1) is 21.6. The third-order valence-corrected chi connectivity index (χ3v) is 5.13. The number of rotatable bonds is 7. The van der Waals surface area contributed by atoms with E-state index in [1.54, 1.807) is 19.2 Å². The molecule has 0 radical (unpaired) electrons. The summed E-state index contributed by atoms with van der Waals surface area (Å²) < 4.78 is 11.9. The highest BCUT2D eigenvalue weighted by Crippen LogP contribution is 2.32. The smallest absolute Gasteiger partial charge is 0.258 e. The quantitative estimate of drug-likeness (QED) is 0.575. The van der Waals surface area contributed by atoms with Crippen molar-refractivity contribution in [3.8, 4) is 11.5 Å². The third-order valence-electron chi connectivity index (χ3n) is 4.34. The zero-order chi connectivity index (χ0) is 20.1. The second kappa shape index (κ2) is 9.47. The van der Waals surface area contributed by atoms with Crippen LogP contribution in [0.15, 0.2) is 34.8 Å². The maximum atomic E-state index is 12.3. The van der Waals surface area contributed by atoms with Crippen LogP contribution in [0.2, 0.25) is 5.02 Å². The molecule has 6 heteroatoms. The fraction of sp³-hybridized carbons (Fsp3) is 0.381. The Morgan fingerprint density at radius 1 is 1.15 bits per heavy atom. The van der Waals surface area contributed by atoms with E-state index in [1.807, 2.05) is 26.0 Å². The van der Waals surface area contributed by atoms with Crippen molar-refractivity contribution in [1.29, 1.82) is 0 Å². The number of ether oxygens (including phenoxy) is 2. The molecule has 4 nitrogen and oxygen atoms in total. The van der Waals surface area contributed by atoms with Gasteiger partial charge in [-0.05, 0) is 66.8 Å². The van der Waals surface area contributed by atoms with Gasteiger partial charge < -0.3 is 14.8 Å². The van der Waals surface area contributed by atoms with Gasteiger partial charge in [0.2, 0.25) is 0 Å². The topological polar surface area (TPSA) is 47.6 Å². The Bertz CT molecular complexity index is 823. The van der Waals surface area contributed by atoms with E-state index in [-0.39, 0.29) is 18.6 Å². The summed E-state index contributed by atoms with van der Waals surface area (Å²) in [6, 6.07) is 9.25. The number of benzene rings is 2. The first-order valence-corrected chi connectivity index (χ1v) is 9.95. The Morgan fingerprint density at radius 3 is 2.44 bits per heavy atom.